The Kier molecular flexibility index (Phi) is 4.48. The number of pyridine rings is 1. The first-order valence-electron chi connectivity index (χ1n) is 8.52. The topological polar surface area (TPSA) is 51.2 Å². The van der Waals surface area contributed by atoms with Crippen molar-refractivity contribution >= 4 is 23.7 Å². The van der Waals surface area contributed by atoms with Crippen molar-refractivity contribution in [1.29, 1.82) is 0 Å². The number of nitrogens with one attached hydrogen (secondary N) is 1. The number of para-hydroxylation sites is 1. The molecular formula is C22H18N2O2. The molecule has 0 aliphatic carbocycles. The lowest BCUT2D eigenvalue weighted by molar-refractivity contribution is -0.122. The second kappa shape index (κ2) is 7.23. The van der Waals surface area contributed by atoms with Gasteiger partial charge >= 0.3 is 0 Å². The molecule has 4 nitrogen and oxygen atoms in total. The van der Waals surface area contributed by atoms with E-state index in [1.165, 1.54) is 0 Å². The van der Waals surface area contributed by atoms with Gasteiger partial charge < -0.3 is 10.1 Å². The number of amides is 1. The summed E-state index contributed by atoms with van der Waals surface area (Å²) < 4.78 is 5.74. The van der Waals surface area contributed by atoms with Gasteiger partial charge in [0.15, 0.2) is 6.10 Å². The molecule has 2 heterocycles. The van der Waals surface area contributed by atoms with Crippen LogP contribution in [0, 0.1) is 0 Å². The van der Waals surface area contributed by atoms with Gasteiger partial charge in [-0.15, -0.1) is 0 Å². The maximum absolute atomic E-state index is 12.5. The Bertz CT molecular complexity index is 926. The van der Waals surface area contributed by atoms with Gasteiger partial charge in [0.05, 0.1) is 5.69 Å². The van der Waals surface area contributed by atoms with Crippen molar-refractivity contribution in [2.75, 3.05) is 5.32 Å². The highest BCUT2D eigenvalue weighted by Crippen LogP contribution is 2.28. The number of fused-ring (bicyclic) bond motifs is 1. The molecule has 1 N–H and O–H groups in total. The van der Waals surface area contributed by atoms with Gasteiger partial charge in [-0.05, 0) is 47.5 Å². The summed E-state index contributed by atoms with van der Waals surface area (Å²) in [7, 11) is 0. The Morgan fingerprint density at radius 2 is 1.92 bits per heavy atom. The van der Waals surface area contributed by atoms with E-state index in [4.69, 9.17) is 4.74 Å². The van der Waals surface area contributed by atoms with E-state index in [2.05, 4.69) is 10.3 Å². The van der Waals surface area contributed by atoms with Crippen LogP contribution in [0.15, 0.2) is 72.9 Å². The molecule has 128 valence electrons. The van der Waals surface area contributed by atoms with Gasteiger partial charge in [0.1, 0.15) is 5.75 Å². The average molecular weight is 342 g/mol. The molecule has 1 unspecified atom stereocenters. The lowest BCUT2D eigenvalue weighted by atomic mass is 10.1. The third-order valence-corrected chi connectivity index (χ3v) is 4.23. The van der Waals surface area contributed by atoms with E-state index in [0.717, 1.165) is 28.3 Å². The van der Waals surface area contributed by atoms with Crippen LogP contribution in [0.4, 0.5) is 5.69 Å². The Hall–Kier alpha value is -3.40. The quantitative estimate of drug-likeness (QED) is 0.773. The predicted molar refractivity (Wildman–Crippen MR) is 103 cm³/mol. The monoisotopic (exact) mass is 342 g/mol. The highest BCUT2D eigenvalue weighted by Gasteiger charge is 2.28. The number of carbonyl (C=O) groups excluding carboxylic acids is 1. The Balaban J connectivity index is 1.43. The molecule has 1 aliphatic rings. The third kappa shape index (κ3) is 3.64. The molecule has 26 heavy (non-hydrogen) atoms. The number of rotatable bonds is 4. The van der Waals surface area contributed by atoms with Crippen LogP contribution in [-0.4, -0.2) is 17.0 Å². The standard InChI is InChI=1S/C22H18N2O2/c25-22(21-15-17-7-1-2-10-20(17)26-21)24-19-9-5-6-16(14-19)11-12-18-8-3-4-13-23-18/h1-14,21H,15H2,(H,24,25)/b12-11+. The van der Waals surface area contributed by atoms with Crippen LogP contribution in [0.1, 0.15) is 16.8 Å². The van der Waals surface area contributed by atoms with Crippen LogP contribution < -0.4 is 10.1 Å². The lowest BCUT2D eigenvalue weighted by Crippen LogP contribution is -2.31. The Morgan fingerprint density at radius 3 is 2.77 bits per heavy atom. The highest BCUT2D eigenvalue weighted by molar-refractivity contribution is 5.95. The van der Waals surface area contributed by atoms with Crippen LogP contribution in [-0.2, 0) is 11.2 Å². The largest absolute Gasteiger partial charge is 0.480 e. The van der Waals surface area contributed by atoms with Crippen molar-refractivity contribution in [2.45, 2.75) is 12.5 Å². The summed E-state index contributed by atoms with van der Waals surface area (Å²) in [4.78, 5) is 16.8. The number of ether oxygens (including phenoxy) is 1. The molecule has 1 aromatic heterocycles. The molecule has 4 rings (SSSR count). The number of anilines is 1. The smallest absolute Gasteiger partial charge is 0.265 e. The van der Waals surface area contributed by atoms with E-state index in [0.29, 0.717) is 6.42 Å². The second-order valence-corrected chi connectivity index (χ2v) is 6.12. The molecule has 3 aromatic rings. The van der Waals surface area contributed by atoms with Crippen molar-refractivity contribution in [3.63, 3.8) is 0 Å². The first-order valence-corrected chi connectivity index (χ1v) is 8.52. The van der Waals surface area contributed by atoms with Crippen LogP contribution >= 0.6 is 0 Å². The summed E-state index contributed by atoms with van der Waals surface area (Å²) in [5.41, 5.74) is 3.69. The minimum absolute atomic E-state index is 0.132. The normalized spacial score (nSPS) is 15.5. The first kappa shape index (κ1) is 16.1. The van der Waals surface area contributed by atoms with E-state index >= 15 is 0 Å². The van der Waals surface area contributed by atoms with Crippen LogP contribution in [0.3, 0.4) is 0 Å². The van der Waals surface area contributed by atoms with Crippen molar-refractivity contribution in [1.82, 2.24) is 4.98 Å². The number of hydrogen-bond acceptors (Lipinski definition) is 3. The molecule has 0 fully saturated rings. The molecular weight excluding hydrogens is 324 g/mol. The maximum Gasteiger partial charge on any atom is 0.265 e. The van der Waals surface area contributed by atoms with Gasteiger partial charge in [0.2, 0.25) is 0 Å². The molecule has 1 aliphatic heterocycles. The van der Waals surface area contributed by atoms with Gasteiger partial charge in [-0.3, -0.25) is 9.78 Å². The van der Waals surface area contributed by atoms with Crippen molar-refractivity contribution < 1.29 is 9.53 Å². The van der Waals surface area contributed by atoms with Crippen molar-refractivity contribution in [3.8, 4) is 5.75 Å². The highest BCUT2D eigenvalue weighted by atomic mass is 16.5. The fraction of sp³-hybridized carbons (Fsp3) is 0.0909. The minimum atomic E-state index is -0.486. The first-order chi connectivity index (χ1) is 12.8. The average Bonchev–Trinajstić information content (AvgIpc) is 3.12. The lowest BCUT2D eigenvalue weighted by Gasteiger charge is -2.11. The third-order valence-electron chi connectivity index (χ3n) is 4.23. The number of aromatic nitrogens is 1. The fourth-order valence-electron chi connectivity index (χ4n) is 2.93. The molecule has 2 aromatic carbocycles. The number of nitrogens with zero attached hydrogens (tertiary/aromatic N) is 1. The van der Waals surface area contributed by atoms with Gasteiger partial charge in [0.25, 0.3) is 5.91 Å². The summed E-state index contributed by atoms with van der Waals surface area (Å²) in [6.07, 6.45) is 5.79. The van der Waals surface area contributed by atoms with Gasteiger partial charge in [-0.2, -0.15) is 0 Å². The van der Waals surface area contributed by atoms with Gasteiger partial charge in [-0.25, -0.2) is 0 Å². The predicted octanol–water partition coefficient (Wildman–Crippen LogP) is 4.19. The van der Waals surface area contributed by atoms with Crippen LogP contribution in [0.25, 0.3) is 12.2 Å². The number of hydrogen-bond donors (Lipinski definition) is 1. The van der Waals surface area contributed by atoms with Gasteiger partial charge in [-0.1, -0.05) is 42.5 Å². The zero-order chi connectivity index (χ0) is 17.8. The molecule has 0 saturated heterocycles. The number of carbonyl (C=O) groups is 1. The Labute approximate surface area is 152 Å². The minimum Gasteiger partial charge on any atom is -0.480 e. The molecule has 1 atom stereocenters. The molecule has 0 spiro atoms. The summed E-state index contributed by atoms with van der Waals surface area (Å²) >= 11 is 0. The summed E-state index contributed by atoms with van der Waals surface area (Å²) in [6, 6.07) is 21.2. The second-order valence-electron chi connectivity index (χ2n) is 6.12. The molecule has 1 amide bonds. The summed E-state index contributed by atoms with van der Waals surface area (Å²) in [5.74, 6) is 0.659. The molecule has 0 radical (unpaired) electrons. The fourth-order valence-corrected chi connectivity index (χ4v) is 2.93. The molecule has 0 bridgehead atoms. The number of benzene rings is 2. The molecule has 4 heteroatoms. The van der Waals surface area contributed by atoms with Gasteiger partial charge in [0, 0.05) is 18.3 Å². The molecule has 0 saturated carbocycles. The summed E-state index contributed by atoms with van der Waals surface area (Å²) in [6.45, 7) is 0. The SMILES string of the molecule is O=C(Nc1cccc(/C=C/c2ccccn2)c1)C1Cc2ccccc2O1. The van der Waals surface area contributed by atoms with E-state index in [-0.39, 0.29) is 5.91 Å². The Morgan fingerprint density at radius 1 is 1.04 bits per heavy atom. The van der Waals surface area contributed by atoms with E-state index in [1.54, 1.807) is 6.20 Å². The van der Waals surface area contributed by atoms with E-state index in [1.807, 2.05) is 78.9 Å². The van der Waals surface area contributed by atoms with Crippen LogP contribution in [0.2, 0.25) is 0 Å². The zero-order valence-electron chi connectivity index (χ0n) is 14.1. The van der Waals surface area contributed by atoms with E-state index in [9.17, 15) is 4.79 Å². The van der Waals surface area contributed by atoms with Crippen molar-refractivity contribution in [3.05, 3.63) is 89.7 Å². The summed E-state index contributed by atoms with van der Waals surface area (Å²) in [5, 5.41) is 2.94. The van der Waals surface area contributed by atoms with E-state index < -0.39 is 6.10 Å². The zero-order valence-corrected chi connectivity index (χ0v) is 14.1. The maximum atomic E-state index is 12.5. The van der Waals surface area contributed by atoms with Crippen molar-refractivity contribution in [2.24, 2.45) is 0 Å². The van der Waals surface area contributed by atoms with Crippen LogP contribution in [0.5, 0.6) is 5.75 Å².